The molecule has 3 fully saturated rings. The standard InChI is InChI=1S/C27H40N2O4/c30-26(18-23-4-1-2-17-31-23)28-22-9-7-20(8-10-22)11-14-29-15-12-21(13-16-29)24-5-3-6-25-27(24)33-19-32-25/h3,5-6,20-23H,1-2,4,7-19H2,(H,28,30)/t20?,22?,23-/m0/s1. The summed E-state index contributed by atoms with van der Waals surface area (Å²) in [6, 6.07) is 6.68. The molecule has 0 unspecified atom stereocenters. The zero-order valence-electron chi connectivity index (χ0n) is 19.9. The van der Waals surface area contributed by atoms with Crippen molar-refractivity contribution >= 4 is 5.91 Å². The number of nitrogens with zero attached hydrogens (tertiary/aromatic N) is 1. The third-order valence-corrected chi connectivity index (χ3v) is 8.21. The van der Waals surface area contributed by atoms with Gasteiger partial charge in [-0.25, -0.2) is 0 Å². The van der Waals surface area contributed by atoms with E-state index in [4.69, 9.17) is 14.2 Å². The molecule has 0 spiro atoms. The van der Waals surface area contributed by atoms with E-state index in [9.17, 15) is 4.79 Å². The molecule has 0 aromatic heterocycles. The summed E-state index contributed by atoms with van der Waals surface area (Å²) in [5.41, 5.74) is 1.33. The van der Waals surface area contributed by atoms with Crippen LogP contribution in [0.1, 0.15) is 82.1 Å². The highest BCUT2D eigenvalue weighted by atomic mass is 16.7. The molecule has 182 valence electrons. The minimum absolute atomic E-state index is 0.142. The molecule has 3 aliphatic heterocycles. The topological polar surface area (TPSA) is 60.0 Å². The maximum Gasteiger partial charge on any atom is 0.231 e. The maximum atomic E-state index is 12.4. The molecule has 3 heterocycles. The molecule has 1 aromatic rings. The van der Waals surface area contributed by atoms with Crippen LogP contribution >= 0.6 is 0 Å². The molecule has 6 heteroatoms. The highest BCUT2D eigenvalue weighted by Gasteiger charge is 2.28. The van der Waals surface area contributed by atoms with Crippen molar-refractivity contribution in [3.63, 3.8) is 0 Å². The third-order valence-electron chi connectivity index (χ3n) is 8.21. The summed E-state index contributed by atoms with van der Waals surface area (Å²) in [5.74, 6) is 3.46. The monoisotopic (exact) mass is 456 g/mol. The first-order valence-corrected chi connectivity index (χ1v) is 13.3. The quantitative estimate of drug-likeness (QED) is 0.649. The molecule has 1 aromatic carbocycles. The fourth-order valence-electron chi connectivity index (χ4n) is 6.16. The number of carbonyl (C=O) groups is 1. The Morgan fingerprint density at radius 1 is 1.00 bits per heavy atom. The number of amides is 1. The first-order chi connectivity index (χ1) is 16.2. The van der Waals surface area contributed by atoms with Gasteiger partial charge in [-0.2, -0.15) is 0 Å². The summed E-state index contributed by atoms with van der Waals surface area (Å²) in [6.45, 7) is 4.72. The lowest BCUT2D eigenvalue weighted by atomic mass is 9.83. The average Bonchev–Trinajstić information content (AvgIpc) is 3.34. The van der Waals surface area contributed by atoms with Crippen molar-refractivity contribution in [1.29, 1.82) is 0 Å². The minimum atomic E-state index is 0.142. The van der Waals surface area contributed by atoms with Crippen LogP contribution in [0.4, 0.5) is 0 Å². The van der Waals surface area contributed by atoms with E-state index in [0.717, 1.165) is 49.7 Å². The van der Waals surface area contributed by atoms with Crippen molar-refractivity contribution in [3.8, 4) is 11.5 Å². The Balaban J connectivity index is 0.980. The Bertz CT molecular complexity index is 778. The molecule has 0 radical (unpaired) electrons. The van der Waals surface area contributed by atoms with Gasteiger partial charge in [0.15, 0.2) is 11.5 Å². The summed E-state index contributed by atoms with van der Waals surface area (Å²) in [4.78, 5) is 15.0. The number of hydrogen-bond donors (Lipinski definition) is 1. The van der Waals surface area contributed by atoms with Gasteiger partial charge in [-0.1, -0.05) is 12.1 Å². The van der Waals surface area contributed by atoms with Gasteiger partial charge in [0.2, 0.25) is 12.7 Å². The lowest BCUT2D eigenvalue weighted by Crippen LogP contribution is -2.40. The number of piperidine rings is 1. The van der Waals surface area contributed by atoms with Gasteiger partial charge in [-0.3, -0.25) is 4.79 Å². The van der Waals surface area contributed by atoms with Gasteiger partial charge in [0.1, 0.15) is 0 Å². The molecule has 1 amide bonds. The normalized spacial score (nSPS) is 28.5. The zero-order valence-corrected chi connectivity index (χ0v) is 19.9. The van der Waals surface area contributed by atoms with Crippen molar-refractivity contribution < 1.29 is 19.0 Å². The average molecular weight is 457 g/mol. The van der Waals surface area contributed by atoms with Crippen LogP contribution in [0, 0.1) is 5.92 Å². The lowest BCUT2D eigenvalue weighted by Gasteiger charge is -2.35. The molecular formula is C27H40N2O4. The van der Waals surface area contributed by atoms with Crippen molar-refractivity contribution in [3.05, 3.63) is 23.8 Å². The fourth-order valence-corrected chi connectivity index (χ4v) is 6.16. The van der Waals surface area contributed by atoms with E-state index in [-0.39, 0.29) is 12.0 Å². The highest BCUT2D eigenvalue weighted by molar-refractivity contribution is 5.76. The van der Waals surface area contributed by atoms with Crippen molar-refractivity contribution in [2.75, 3.05) is 33.0 Å². The molecule has 6 nitrogen and oxygen atoms in total. The largest absolute Gasteiger partial charge is 0.454 e. The Labute approximate surface area is 198 Å². The Kier molecular flexibility index (Phi) is 7.72. The number of ether oxygens (including phenoxy) is 3. The van der Waals surface area contributed by atoms with Crippen LogP contribution < -0.4 is 14.8 Å². The van der Waals surface area contributed by atoms with Gasteiger partial charge in [-0.15, -0.1) is 0 Å². The first-order valence-electron chi connectivity index (χ1n) is 13.3. The van der Waals surface area contributed by atoms with Gasteiger partial charge in [0.05, 0.1) is 12.5 Å². The molecule has 1 saturated carbocycles. The molecule has 1 atom stereocenters. The second-order valence-corrected chi connectivity index (χ2v) is 10.5. The van der Waals surface area contributed by atoms with E-state index in [2.05, 4.69) is 22.3 Å². The maximum absolute atomic E-state index is 12.4. The summed E-state index contributed by atoms with van der Waals surface area (Å²) in [5, 5.41) is 3.28. The Morgan fingerprint density at radius 2 is 1.85 bits per heavy atom. The zero-order chi connectivity index (χ0) is 22.5. The number of hydrogen-bond acceptors (Lipinski definition) is 5. The number of para-hydroxylation sites is 1. The summed E-state index contributed by atoms with van der Waals surface area (Å²) in [6.07, 6.45) is 12.5. The van der Waals surface area contributed by atoms with Crippen LogP contribution in [0.3, 0.4) is 0 Å². The van der Waals surface area contributed by atoms with E-state index in [0.29, 0.717) is 25.2 Å². The fraction of sp³-hybridized carbons (Fsp3) is 0.741. The highest BCUT2D eigenvalue weighted by Crippen LogP contribution is 2.42. The van der Waals surface area contributed by atoms with Crippen LogP contribution in [0.25, 0.3) is 0 Å². The smallest absolute Gasteiger partial charge is 0.231 e. The predicted molar refractivity (Wildman–Crippen MR) is 128 cm³/mol. The van der Waals surface area contributed by atoms with Crippen molar-refractivity contribution in [2.45, 2.75) is 88.7 Å². The molecule has 1 N–H and O–H groups in total. The Hall–Kier alpha value is -1.79. The van der Waals surface area contributed by atoms with Crippen molar-refractivity contribution in [1.82, 2.24) is 10.2 Å². The van der Waals surface area contributed by atoms with Gasteiger partial charge >= 0.3 is 0 Å². The molecule has 33 heavy (non-hydrogen) atoms. The number of nitrogens with one attached hydrogen (secondary N) is 1. The van der Waals surface area contributed by atoms with Gasteiger partial charge in [0, 0.05) is 18.2 Å². The van der Waals surface area contributed by atoms with E-state index in [1.807, 2.05) is 6.07 Å². The SMILES string of the molecule is O=C(C[C@@H]1CCCCO1)NC1CCC(CCN2CCC(c3cccc4c3OCO4)CC2)CC1. The van der Waals surface area contributed by atoms with Gasteiger partial charge in [-0.05, 0) is 102 Å². The molecule has 1 aliphatic carbocycles. The number of rotatable bonds is 7. The van der Waals surface area contributed by atoms with E-state index in [1.54, 1.807) is 0 Å². The van der Waals surface area contributed by atoms with Crippen LogP contribution in [0.2, 0.25) is 0 Å². The Morgan fingerprint density at radius 3 is 2.64 bits per heavy atom. The van der Waals surface area contributed by atoms with E-state index in [1.165, 1.54) is 63.7 Å². The van der Waals surface area contributed by atoms with Crippen LogP contribution in [0.5, 0.6) is 11.5 Å². The molecule has 5 rings (SSSR count). The second-order valence-electron chi connectivity index (χ2n) is 10.5. The van der Waals surface area contributed by atoms with Crippen LogP contribution in [0.15, 0.2) is 18.2 Å². The predicted octanol–water partition coefficient (Wildman–Crippen LogP) is 4.62. The van der Waals surface area contributed by atoms with Crippen molar-refractivity contribution in [2.24, 2.45) is 5.92 Å². The van der Waals surface area contributed by atoms with E-state index >= 15 is 0 Å². The lowest BCUT2D eigenvalue weighted by molar-refractivity contribution is -0.125. The summed E-state index contributed by atoms with van der Waals surface area (Å²) >= 11 is 0. The first kappa shape index (κ1) is 23.0. The number of carbonyl (C=O) groups excluding carboxylic acids is 1. The molecule has 2 saturated heterocycles. The minimum Gasteiger partial charge on any atom is -0.454 e. The summed E-state index contributed by atoms with van der Waals surface area (Å²) in [7, 11) is 0. The molecule has 0 bridgehead atoms. The van der Waals surface area contributed by atoms with Crippen LogP contribution in [-0.4, -0.2) is 56.0 Å². The van der Waals surface area contributed by atoms with Gasteiger partial charge in [0.25, 0.3) is 0 Å². The second kappa shape index (κ2) is 11.1. The van der Waals surface area contributed by atoms with Gasteiger partial charge < -0.3 is 24.4 Å². The van der Waals surface area contributed by atoms with Crippen LogP contribution in [-0.2, 0) is 9.53 Å². The number of likely N-dealkylation sites (tertiary alicyclic amines) is 1. The molecule has 4 aliphatic rings. The number of fused-ring (bicyclic) bond motifs is 1. The number of benzene rings is 1. The third kappa shape index (κ3) is 6.02. The van der Waals surface area contributed by atoms with E-state index < -0.39 is 0 Å². The molecular weight excluding hydrogens is 416 g/mol. The summed E-state index contributed by atoms with van der Waals surface area (Å²) < 4.78 is 17.0.